The summed E-state index contributed by atoms with van der Waals surface area (Å²) in [6.45, 7) is 2.33. The van der Waals surface area contributed by atoms with Crippen molar-refractivity contribution in [3.05, 3.63) is 82.4 Å². The predicted molar refractivity (Wildman–Crippen MR) is 117 cm³/mol. The van der Waals surface area contributed by atoms with Crippen molar-refractivity contribution in [3.63, 3.8) is 0 Å². The van der Waals surface area contributed by atoms with Crippen LogP contribution in [-0.2, 0) is 16.6 Å². The molecule has 0 aromatic heterocycles. The van der Waals surface area contributed by atoms with Gasteiger partial charge in [0.1, 0.15) is 11.5 Å². The largest absolute Gasteiger partial charge is 0.493 e. The summed E-state index contributed by atoms with van der Waals surface area (Å²) in [6.07, 6.45) is 0. The Hall–Kier alpha value is -3.03. The number of amidine groups is 1. The Morgan fingerprint density at radius 2 is 1.80 bits per heavy atom. The maximum Gasteiger partial charge on any atom is 0.286 e. The van der Waals surface area contributed by atoms with Crippen molar-refractivity contribution >= 4 is 33.1 Å². The summed E-state index contributed by atoms with van der Waals surface area (Å²) in [5.41, 5.74) is 3.06. The van der Waals surface area contributed by atoms with E-state index in [4.69, 9.17) is 21.1 Å². The molecule has 154 valence electrons. The molecule has 0 aliphatic carbocycles. The number of ether oxygens (including phenoxy) is 2. The van der Waals surface area contributed by atoms with Gasteiger partial charge in [-0.2, -0.15) is 8.42 Å². The number of rotatable bonds is 5. The minimum atomic E-state index is -3.82. The molecule has 6 nitrogen and oxygen atoms in total. The first-order chi connectivity index (χ1) is 14.4. The first kappa shape index (κ1) is 20.3. The van der Waals surface area contributed by atoms with Crippen LogP contribution in [-0.4, -0.2) is 21.4 Å². The molecule has 8 heteroatoms. The van der Waals surface area contributed by atoms with E-state index in [1.165, 1.54) is 13.2 Å². The van der Waals surface area contributed by atoms with E-state index < -0.39 is 10.0 Å². The highest BCUT2D eigenvalue weighted by atomic mass is 35.5. The summed E-state index contributed by atoms with van der Waals surface area (Å²) in [4.78, 5) is 0.130. The van der Waals surface area contributed by atoms with Gasteiger partial charge in [0.2, 0.25) is 0 Å². The monoisotopic (exact) mass is 442 g/mol. The summed E-state index contributed by atoms with van der Waals surface area (Å²) in [6, 6.07) is 17.7. The number of fused-ring (bicyclic) bond motifs is 1. The van der Waals surface area contributed by atoms with E-state index >= 15 is 0 Å². The summed E-state index contributed by atoms with van der Waals surface area (Å²) in [5.74, 6) is 0.928. The second-order valence-corrected chi connectivity index (χ2v) is 8.72. The Bertz CT molecular complexity index is 1260. The molecule has 0 bridgehead atoms. The number of nitrogens with zero attached hydrogens (tertiary/aromatic N) is 1. The van der Waals surface area contributed by atoms with E-state index in [2.05, 4.69) is 9.71 Å². The zero-order chi connectivity index (χ0) is 21.3. The van der Waals surface area contributed by atoms with Crippen molar-refractivity contribution in [2.24, 2.45) is 4.40 Å². The maximum atomic E-state index is 12.5. The molecule has 0 atom stereocenters. The van der Waals surface area contributed by atoms with Crippen molar-refractivity contribution in [2.75, 3.05) is 12.4 Å². The van der Waals surface area contributed by atoms with Gasteiger partial charge < -0.3 is 14.8 Å². The molecule has 3 aromatic carbocycles. The molecule has 0 spiro atoms. The Kier molecular flexibility index (Phi) is 5.40. The first-order valence-corrected chi connectivity index (χ1v) is 11.0. The molecule has 0 fully saturated rings. The van der Waals surface area contributed by atoms with Gasteiger partial charge in [-0.25, -0.2) is 0 Å². The number of benzene rings is 3. The number of anilines is 1. The van der Waals surface area contributed by atoms with E-state index in [9.17, 15) is 8.42 Å². The molecule has 1 aliphatic rings. The molecule has 0 saturated heterocycles. The van der Waals surface area contributed by atoms with Gasteiger partial charge >= 0.3 is 0 Å². The van der Waals surface area contributed by atoms with Crippen LogP contribution >= 0.6 is 11.6 Å². The van der Waals surface area contributed by atoms with Crippen LogP contribution < -0.4 is 14.8 Å². The molecule has 0 radical (unpaired) electrons. The second-order valence-electron chi connectivity index (χ2n) is 6.74. The number of sulfonamides is 1. The van der Waals surface area contributed by atoms with Crippen LogP contribution in [0.1, 0.15) is 16.7 Å². The van der Waals surface area contributed by atoms with Gasteiger partial charge in [-0.15, -0.1) is 4.40 Å². The fraction of sp³-hybridized carbons (Fsp3) is 0.136. The molecule has 3 aromatic rings. The van der Waals surface area contributed by atoms with Crippen LogP contribution in [0.4, 0.5) is 5.69 Å². The third-order valence-corrected chi connectivity index (χ3v) is 6.38. The van der Waals surface area contributed by atoms with E-state index in [0.29, 0.717) is 34.4 Å². The number of aryl methyl sites for hydroxylation is 1. The Balaban J connectivity index is 1.68. The minimum Gasteiger partial charge on any atom is -0.493 e. The molecule has 0 saturated carbocycles. The van der Waals surface area contributed by atoms with Crippen molar-refractivity contribution in [1.29, 1.82) is 0 Å². The van der Waals surface area contributed by atoms with E-state index in [0.717, 1.165) is 11.1 Å². The standard InChI is InChI=1S/C22H19ClN2O4S/c1-14-7-3-4-8-15(14)13-29-21-17(23)11-16(12-19(21)28-2)22-24-18-9-5-6-10-20(18)30(26,27)25-22/h3-12H,13H2,1-2H3,(H,24,25). The lowest BCUT2D eigenvalue weighted by Gasteiger charge is -2.20. The van der Waals surface area contributed by atoms with Crippen LogP contribution in [0.25, 0.3) is 0 Å². The topological polar surface area (TPSA) is 77.0 Å². The van der Waals surface area contributed by atoms with Crippen LogP contribution in [0.15, 0.2) is 70.0 Å². The Morgan fingerprint density at radius 1 is 1.07 bits per heavy atom. The van der Waals surface area contributed by atoms with Crippen LogP contribution in [0, 0.1) is 6.92 Å². The highest BCUT2D eigenvalue weighted by molar-refractivity contribution is 7.90. The molecular weight excluding hydrogens is 424 g/mol. The van der Waals surface area contributed by atoms with Gasteiger partial charge in [0.05, 0.1) is 17.8 Å². The number of hydrogen-bond acceptors (Lipinski definition) is 5. The third-order valence-electron chi connectivity index (χ3n) is 4.77. The Morgan fingerprint density at radius 3 is 2.57 bits per heavy atom. The summed E-state index contributed by atoms with van der Waals surface area (Å²) < 4.78 is 40.4. The highest BCUT2D eigenvalue weighted by Gasteiger charge is 2.26. The molecule has 1 N–H and O–H groups in total. The number of nitrogens with one attached hydrogen (secondary N) is 1. The van der Waals surface area contributed by atoms with Crippen molar-refractivity contribution in [3.8, 4) is 11.5 Å². The van der Waals surface area contributed by atoms with Crippen molar-refractivity contribution in [2.45, 2.75) is 18.4 Å². The van der Waals surface area contributed by atoms with Gasteiger partial charge in [0.25, 0.3) is 10.0 Å². The van der Waals surface area contributed by atoms with Crippen molar-refractivity contribution in [1.82, 2.24) is 0 Å². The summed E-state index contributed by atoms with van der Waals surface area (Å²) in [5, 5.41) is 3.34. The lowest BCUT2D eigenvalue weighted by molar-refractivity contribution is 0.284. The molecule has 0 unspecified atom stereocenters. The fourth-order valence-electron chi connectivity index (χ4n) is 3.16. The van der Waals surface area contributed by atoms with Crippen LogP contribution in [0.3, 0.4) is 0 Å². The maximum absolute atomic E-state index is 12.5. The Labute approximate surface area is 180 Å². The number of hydrogen-bond donors (Lipinski definition) is 1. The SMILES string of the molecule is COc1cc(C2=NS(=O)(=O)c3ccccc3N2)cc(Cl)c1OCc1ccccc1C. The minimum absolute atomic E-state index is 0.130. The normalized spacial score (nSPS) is 14.3. The molecule has 1 heterocycles. The van der Waals surface area contributed by atoms with Crippen LogP contribution in [0.5, 0.6) is 11.5 Å². The number of para-hydroxylation sites is 1. The summed E-state index contributed by atoms with van der Waals surface area (Å²) in [7, 11) is -2.32. The van der Waals surface area contributed by atoms with Gasteiger partial charge in [0, 0.05) is 5.56 Å². The smallest absolute Gasteiger partial charge is 0.286 e. The van der Waals surface area contributed by atoms with Crippen molar-refractivity contribution < 1.29 is 17.9 Å². The van der Waals surface area contributed by atoms with Gasteiger partial charge in [-0.05, 0) is 42.3 Å². The zero-order valence-electron chi connectivity index (χ0n) is 16.3. The quantitative estimate of drug-likeness (QED) is 0.614. The van der Waals surface area contributed by atoms with Gasteiger partial charge in [-0.1, -0.05) is 48.0 Å². The fourth-order valence-corrected chi connectivity index (χ4v) is 4.56. The summed E-state index contributed by atoms with van der Waals surface area (Å²) >= 11 is 6.47. The molecule has 4 rings (SSSR count). The zero-order valence-corrected chi connectivity index (χ0v) is 17.9. The van der Waals surface area contributed by atoms with E-state index in [1.54, 1.807) is 30.3 Å². The lowest BCUT2D eigenvalue weighted by atomic mass is 10.1. The lowest BCUT2D eigenvalue weighted by Crippen LogP contribution is -2.22. The molecule has 0 amide bonds. The van der Waals surface area contributed by atoms with Crippen LogP contribution in [0.2, 0.25) is 5.02 Å². The third kappa shape index (κ3) is 3.86. The average Bonchev–Trinajstić information content (AvgIpc) is 2.73. The van der Waals surface area contributed by atoms with Gasteiger partial charge in [-0.3, -0.25) is 0 Å². The van der Waals surface area contributed by atoms with E-state index in [-0.39, 0.29) is 10.7 Å². The number of methoxy groups -OCH3 is 1. The number of halogens is 1. The van der Waals surface area contributed by atoms with Gasteiger partial charge in [0.15, 0.2) is 17.3 Å². The second kappa shape index (κ2) is 8.01. The molecular formula is C22H19ClN2O4S. The molecule has 30 heavy (non-hydrogen) atoms. The first-order valence-electron chi connectivity index (χ1n) is 9.15. The molecule has 1 aliphatic heterocycles. The average molecular weight is 443 g/mol. The highest BCUT2D eigenvalue weighted by Crippen LogP contribution is 2.38. The predicted octanol–water partition coefficient (Wildman–Crippen LogP) is 4.80. The van der Waals surface area contributed by atoms with E-state index in [1.807, 2.05) is 31.2 Å².